The molecule has 0 unspecified atom stereocenters. The number of aliphatic carboxylic acids is 1. The minimum Gasteiger partial charge on any atom is -0.479 e. The highest BCUT2D eigenvalue weighted by Gasteiger charge is 2.05. The summed E-state index contributed by atoms with van der Waals surface area (Å²) in [5.41, 5.74) is 0.421. The van der Waals surface area contributed by atoms with Gasteiger partial charge in [0.2, 0.25) is 6.61 Å². The lowest BCUT2D eigenvalue weighted by Gasteiger charge is -1.94. The van der Waals surface area contributed by atoms with Crippen LogP contribution in [0.25, 0.3) is 0 Å². The van der Waals surface area contributed by atoms with Gasteiger partial charge in [-0.05, 0) is 22.9 Å². The summed E-state index contributed by atoms with van der Waals surface area (Å²) in [6.07, 6.45) is 0. The van der Waals surface area contributed by atoms with Crippen molar-refractivity contribution >= 4 is 27.6 Å². The summed E-state index contributed by atoms with van der Waals surface area (Å²) in [4.78, 5) is 14.6. The Morgan fingerprint density at radius 2 is 2.57 bits per heavy atom. The lowest BCUT2D eigenvalue weighted by Crippen LogP contribution is -2.05. The zero-order chi connectivity index (χ0) is 10.6. The number of hydrogen-bond acceptors (Lipinski definition) is 5. The normalized spacial score (nSPS) is 11.4. The average molecular weight is 263 g/mol. The molecule has 0 bridgehead atoms. The van der Waals surface area contributed by atoms with Crippen LogP contribution in [0.2, 0.25) is 0 Å². The zero-order valence-electron chi connectivity index (χ0n) is 7.23. The van der Waals surface area contributed by atoms with Crippen molar-refractivity contribution in [1.82, 2.24) is 5.16 Å². The Labute approximate surface area is 87.6 Å². The molecule has 14 heavy (non-hydrogen) atoms. The summed E-state index contributed by atoms with van der Waals surface area (Å²) < 4.78 is 5.37. The number of halogens is 1. The molecule has 0 aromatic carbocycles. The highest BCUT2D eigenvalue weighted by molar-refractivity contribution is 9.10. The van der Waals surface area contributed by atoms with Crippen LogP contribution in [0.3, 0.4) is 0 Å². The van der Waals surface area contributed by atoms with Crippen molar-refractivity contribution in [2.45, 2.75) is 6.92 Å². The fourth-order valence-electron chi connectivity index (χ4n) is 0.653. The SMILES string of the molecule is C/C(=N/OCC(=O)O)c1cc(Br)no1. The van der Waals surface area contributed by atoms with Gasteiger partial charge in [0.25, 0.3) is 0 Å². The van der Waals surface area contributed by atoms with E-state index in [4.69, 9.17) is 9.63 Å². The molecule has 0 aliphatic carbocycles. The maximum Gasteiger partial charge on any atom is 0.344 e. The third-order valence-corrected chi connectivity index (χ3v) is 1.60. The largest absolute Gasteiger partial charge is 0.479 e. The highest BCUT2D eigenvalue weighted by atomic mass is 79.9. The average Bonchev–Trinajstić information content (AvgIpc) is 2.51. The molecule has 0 saturated heterocycles. The second kappa shape index (κ2) is 4.75. The molecule has 1 rings (SSSR count). The van der Waals surface area contributed by atoms with Crippen molar-refractivity contribution in [3.05, 3.63) is 16.4 Å². The van der Waals surface area contributed by atoms with Crippen molar-refractivity contribution in [2.75, 3.05) is 6.61 Å². The van der Waals surface area contributed by atoms with Gasteiger partial charge in [0.05, 0.1) is 0 Å². The molecule has 1 heterocycles. The van der Waals surface area contributed by atoms with Crippen LogP contribution in [0.5, 0.6) is 0 Å². The molecule has 76 valence electrons. The number of aromatic nitrogens is 1. The number of carboxylic acid groups (broad SMARTS) is 1. The smallest absolute Gasteiger partial charge is 0.344 e. The van der Waals surface area contributed by atoms with Gasteiger partial charge < -0.3 is 14.5 Å². The first-order valence-electron chi connectivity index (χ1n) is 3.60. The fraction of sp³-hybridized carbons (Fsp3) is 0.286. The second-order valence-electron chi connectivity index (χ2n) is 2.36. The van der Waals surface area contributed by atoms with Crippen LogP contribution in [-0.2, 0) is 9.63 Å². The Bertz CT molecular complexity index is 360. The van der Waals surface area contributed by atoms with Gasteiger partial charge in [-0.15, -0.1) is 0 Å². The van der Waals surface area contributed by atoms with Crippen molar-refractivity contribution in [1.29, 1.82) is 0 Å². The van der Waals surface area contributed by atoms with E-state index in [1.807, 2.05) is 0 Å². The number of hydrogen-bond donors (Lipinski definition) is 1. The Balaban J connectivity index is 2.56. The number of carbonyl (C=O) groups is 1. The first kappa shape index (κ1) is 10.7. The Hall–Kier alpha value is -1.37. The van der Waals surface area contributed by atoms with Gasteiger partial charge >= 0.3 is 5.97 Å². The van der Waals surface area contributed by atoms with E-state index in [0.29, 0.717) is 16.1 Å². The van der Waals surface area contributed by atoms with Crippen LogP contribution in [0.4, 0.5) is 0 Å². The molecule has 0 radical (unpaired) electrons. The van der Waals surface area contributed by atoms with Crippen LogP contribution in [0, 0.1) is 0 Å². The Kier molecular flexibility index (Phi) is 3.63. The number of oxime groups is 1. The summed E-state index contributed by atoms with van der Waals surface area (Å²) in [6.45, 7) is 1.14. The van der Waals surface area contributed by atoms with Gasteiger partial charge in [-0.1, -0.05) is 10.3 Å². The Morgan fingerprint density at radius 3 is 3.07 bits per heavy atom. The molecular formula is C7H7BrN2O4. The minimum atomic E-state index is -1.08. The van der Waals surface area contributed by atoms with Gasteiger partial charge in [0.15, 0.2) is 5.76 Å². The van der Waals surface area contributed by atoms with Crippen molar-refractivity contribution in [3.8, 4) is 0 Å². The molecule has 1 aromatic rings. The van der Waals surface area contributed by atoms with Gasteiger partial charge in [0.1, 0.15) is 10.3 Å². The zero-order valence-corrected chi connectivity index (χ0v) is 8.81. The van der Waals surface area contributed by atoms with Crippen LogP contribution < -0.4 is 0 Å². The third-order valence-electron chi connectivity index (χ3n) is 1.23. The molecule has 0 atom stereocenters. The molecule has 1 N–H and O–H groups in total. The van der Waals surface area contributed by atoms with E-state index in [-0.39, 0.29) is 0 Å². The molecule has 0 aliphatic heterocycles. The molecule has 7 heteroatoms. The van der Waals surface area contributed by atoms with Gasteiger partial charge in [-0.3, -0.25) is 0 Å². The predicted octanol–water partition coefficient (Wildman–Crippen LogP) is 1.26. The van der Waals surface area contributed by atoms with Gasteiger partial charge in [-0.2, -0.15) is 0 Å². The van der Waals surface area contributed by atoms with E-state index < -0.39 is 12.6 Å². The van der Waals surface area contributed by atoms with Gasteiger partial charge in [0, 0.05) is 6.07 Å². The summed E-state index contributed by atoms with van der Waals surface area (Å²) in [7, 11) is 0. The van der Waals surface area contributed by atoms with Crippen molar-refractivity contribution < 1.29 is 19.3 Å². The first-order chi connectivity index (χ1) is 6.59. The van der Waals surface area contributed by atoms with Crippen molar-refractivity contribution in [3.63, 3.8) is 0 Å². The standard InChI is InChI=1S/C7H7BrN2O4/c1-4(9-13-3-7(11)12)5-2-6(8)10-14-5/h2H,3H2,1H3,(H,11,12)/b9-4-. The lowest BCUT2D eigenvalue weighted by atomic mass is 10.3. The maximum absolute atomic E-state index is 10.1. The quantitative estimate of drug-likeness (QED) is 0.652. The van der Waals surface area contributed by atoms with Crippen LogP contribution >= 0.6 is 15.9 Å². The predicted molar refractivity (Wildman–Crippen MR) is 50.0 cm³/mol. The van der Waals surface area contributed by atoms with Crippen molar-refractivity contribution in [2.24, 2.45) is 5.16 Å². The molecule has 0 fully saturated rings. The third kappa shape index (κ3) is 3.17. The molecule has 0 saturated carbocycles. The van der Waals surface area contributed by atoms with E-state index in [2.05, 4.69) is 31.1 Å². The summed E-state index contributed by atoms with van der Waals surface area (Å²) in [5, 5.41) is 15.4. The lowest BCUT2D eigenvalue weighted by molar-refractivity contribution is -0.142. The number of rotatable bonds is 4. The number of carboxylic acids is 1. The number of nitrogens with zero attached hydrogens (tertiary/aromatic N) is 2. The summed E-state index contributed by atoms with van der Waals surface area (Å²) in [5.74, 6) is -0.664. The monoisotopic (exact) mass is 262 g/mol. The van der Waals surface area contributed by atoms with E-state index in [1.165, 1.54) is 0 Å². The summed E-state index contributed by atoms with van der Waals surface area (Å²) >= 11 is 3.10. The van der Waals surface area contributed by atoms with Crippen LogP contribution in [-0.4, -0.2) is 28.6 Å². The molecular weight excluding hydrogens is 256 g/mol. The second-order valence-corrected chi connectivity index (χ2v) is 3.17. The van der Waals surface area contributed by atoms with Crippen LogP contribution in [0.1, 0.15) is 12.7 Å². The molecule has 0 aliphatic rings. The molecule has 0 amide bonds. The molecule has 0 spiro atoms. The topological polar surface area (TPSA) is 84.9 Å². The van der Waals surface area contributed by atoms with Gasteiger partial charge in [-0.25, -0.2) is 4.79 Å². The van der Waals surface area contributed by atoms with E-state index >= 15 is 0 Å². The van der Waals surface area contributed by atoms with Crippen LogP contribution in [0.15, 0.2) is 20.3 Å². The molecule has 1 aromatic heterocycles. The highest BCUT2D eigenvalue weighted by Crippen LogP contribution is 2.10. The van der Waals surface area contributed by atoms with E-state index in [1.54, 1.807) is 13.0 Å². The van der Waals surface area contributed by atoms with E-state index in [0.717, 1.165) is 0 Å². The summed E-state index contributed by atoms with van der Waals surface area (Å²) in [6, 6.07) is 1.60. The minimum absolute atomic E-state index is 0.419. The van der Waals surface area contributed by atoms with E-state index in [9.17, 15) is 4.79 Å². The maximum atomic E-state index is 10.1. The first-order valence-corrected chi connectivity index (χ1v) is 4.40. The molecule has 6 nitrogen and oxygen atoms in total. The fourth-order valence-corrected chi connectivity index (χ4v) is 0.934. The Morgan fingerprint density at radius 1 is 1.86 bits per heavy atom.